The number of hydrogen-bond donors (Lipinski definition) is 1. The summed E-state index contributed by atoms with van der Waals surface area (Å²) in [5.74, 6) is -0.403. The SMILES string of the molecule is N/C(Cc1nc2ccccc2s1)=N\OC(=O)c1ccc(Cl)cc1. The van der Waals surface area contributed by atoms with Crippen LogP contribution in [0.3, 0.4) is 0 Å². The summed E-state index contributed by atoms with van der Waals surface area (Å²) >= 11 is 7.29. The molecule has 1 aromatic heterocycles. The number of nitrogens with zero attached hydrogens (tertiary/aromatic N) is 2. The van der Waals surface area contributed by atoms with Crippen molar-refractivity contribution < 1.29 is 9.63 Å². The maximum absolute atomic E-state index is 11.8. The van der Waals surface area contributed by atoms with Crippen LogP contribution in [0.15, 0.2) is 53.7 Å². The van der Waals surface area contributed by atoms with E-state index < -0.39 is 5.97 Å². The number of thiazole rings is 1. The highest BCUT2D eigenvalue weighted by Crippen LogP contribution is 2.21. The lowest BCUT2D eigenvalue weighted by atomic mass is 10.2. The van der Waals surface area contributed by atoms with Gasteiger partial charge >= 0.3 is 5.97 Å². The largest absolute Gasteiger partial charge is 0.384 e. The van der Waals surface area contributed by atoms with Crippen molar-refractivity contribution in [3.8, 4) is 0 Å². The maximum Gasteiger partial charge on any atom is 0.365 e. The minimum Gasteiger partial charge on any atom is -0.384 e. The van der Waals surface area contributed by atoms with Gasteiger partial charge in [0, 0.05) is 5.02 Å². The van der Waals surface area contributed by atoms with Gasteiger partial charge in [0.25, 0.3) is 0 Å². The van der Waals surface area contributed by atoms with Crippen molar-refractivity contribution in [3.63, 3.8) is 0 Å². The van der Waals surface area contributed by atoms with E-state index in [0.29, 0.717) is 17.0 Å². The molecule has 1 heterocycles. The summed E-state index contributed by atoms with van der Waals surface area (Å²) < 4.78 is 1.08. The predicted molar refractivity (Wildman–Crippen MR) is 91.8 cm³/mol. The van der Waals surface area contributed by atoms with E-state index in [2.05, 4.69) is 10.1 Å². The highest BCUT2D eigenvalue weighted by Gasteiger charge is 2.09. The number of benzene rings is 2. The zero-order chi connectivity index (χ0) is 16.2. The number of carbonyl (C=O) groups excluding carboxylic acids is 1. The average Bonchev–Trinajstić information content (AvgIpc) is 2.95. The van der Waals surface area contributed by atoms with Gasteiger partial charge in [-0.2, -0.15) is 0 Å². The summed E-state index contributed by atoms with van der Waals surface area (Å²) in [6.07, 6.45) is 0.327. The molecule has 3 aromatic rings. The first-order valence-corrected chi connectivity index (χ1v) is 7.95. The molecule has 0 aliphatic rings. The van der Waals surface area contributed by atoms with Crippen molar-refractivity contribution in [1.29, 1.82) is 0 Å². The molecular weight excluding hydrogens is 334 g/mol. The topological polar surface area (TPSA) is 77.6 Å². The van der Waals surface area contributed by atoms with Crippen LogP contribution in [0.1, 0.15) is 15.4 Å². The standard InChI is InChI=1S/C16H12ClN3O2S/c17-11-7-5-10(6-8-11)16(21)22-20-14(18)9-15-19-12-3-1-2-4-13(12)23-15/h1-8H,9H2,(H2,18,20). The molecule has 0 saturated heterocycles. The summed E-state index contributed by atoms with van der Waals surface area (Å²) in [5, 5.41) is 5.02. The molecule has 0 amide bonds. The third-order valence-corrected chi connectivity index (χ3v) is 4.28. The molecular formula is C16H12ClN3O2S. The van der Waals surface area contributed by atoms with Gasteiger partial charge in [-0.25, -0.2) is 9.78 Å². The van der Waals surface area contributed by atoms with Crippen LogP contribution < -0.4 is 5.73 Å². The quantitative estimate of drug-likeness (QED) is 0.339. The van der Waals surface area contributed by atoms with Gasteiger partial charge in [0.2, 0.25) is 0 Å². The number of rotatable bonds is 4. The van der Waals surface area contributed by atoms with E-state index in [0.717, 1.165) is 15.2 Å². The number of fused-ring (bicyclic) bond motifs is 1. The lowest BCUT2D eigenvalue weighted by Crippen LogP contribution is -2.16. The van der Waals surface area contributed by atoms with Crippen LogP contribution in [-0.2, 0) is 11.3 Å². The van der Waals surface area contributed by atoms with E-state index in [1.807, 2.05) is 24.3 Å². The molecule has 0 fully saturated rings. The molecule has 116 valence electrons. The molecule has 0 unspecified atom stereocenters. The highest BCUT2D eigenvalue weighted by atomic mass is 35.5. The number of oxime groups is 1. The number of hydrogen-bond acceptors (Lipinski definition) is 5. The second-order valence-electron chi connectivity index (χ2n) is 4.72. The number of aromatic nitrogens is 1. The van der Waals surface area contributed by atoms with Crippen LogP contribution in [0.2, 0.25) is 5.02 Å². The van der Waals surface area contributed by atoms with Crippen molar-refractivity contribution >= 4 is 45.0 Å². The summed E-state index contributed by atoms with van der Waals surface area (Å²) in [7, 11) is 0. The Bertz CT molecular complexity index is 841. The Hall–Kier alpha value is -2.44. The zero-order valence-corrected chi connectivity index (χ0v) is 13.5. The first-order chi connectivity index (χ1) is 11.1. The van der Waals surface area contributed by atoms with E-state index >= 15 is 0 Å². The molecule has 0 aliphatic carbocycles. The molecule has 2 N–H and O–H groups in total. The predicted octanol–water partition coefficient (Wildman–Crippen LogP) is 3.62. The third kappa shape index (κ3) is 3.85. The van der Waals surface area contributed by atoms with Crippen molar-refractivity contribution in [2.45, 2.75) is 6.42 Å². The average molecular weight is 346 g/mol. The van der Waals surface area contributed by atoms with Gasteiger partial charge in [0.05, 0.1) is 22.2 Å². The Labute approximate surface area is 141 Å². The third-order valence-electron chi connectivity index (χ3n) is 3.00. The minimum absolute atomic E-state index is 0.186. The molecule has 2 aromatic carbocycles. The van der Waals surface area contributed by atoms with E-state index in [1.165, 1.54) is 11.3 Å². The van der Waals surface area contributed by atoms with Crippen LogP contribution >= 0.6 is 22.9 Å². The van der Waals surface area contributed by atoms with Crippen LogP contribution in [0, 0.1) is 0 Å². The Morgan fingerprint density at radius 2 is 1.96 bits per heavy atom. The summed E-state index contributed by atoms with van der Waals surface area (Å²) in [4.78, 5) is 21.1. The Morgan fingerprint density at radius 3 is 2.70 bits per heavy atom. The monoisotopic (exact) mass is 345 g/mol. The number of halogens is 1. The molecule has 0 bridgehead atoms. The maximum atomic E-state index is 11.8. The smallest absolute Gasteiger partial charge is 0.365 e. The van der Waals surface area contributed by atoms with Crippen LogP contribution in [0.4, 0.5) is 0 Å². The van der Waals surface area contributed by atoms with Gasteiger partial charge in [0.15, 0.2) is 0 Å². The summed E-state index contributed by atoms with van der Waals surface area (Å²) in [6, 6.07) is 14.1. The summed E-state index contributed by atoms with van der Waals surface area (Å²) in [6.45, 7) is 0. The lowest BCUT2D eigenvalue weighted by molar-refractivity contribution is 0.0515. The first-order valence-electron chi connectivity index (χ1n) is 6.75. The fraction of sp³-hybridized carbons (Fsp3) is 0.0625. The normalized spacial score (nSPS) is 11.6. The van der Waals surface area contributed by atoms with Crippen molar-refractivity contribution in [2.24, 2.45) is 10.9 Å². The molecule has 3 rings (SSSR count). The van der Waals surface area contributed by atoms with Gasteiger partial charge in [-0.15, -0.1) is 11.3 Å². The van der Waals surface area contributed by atoms with Crippen LogP contribution in [0.25, 0.3) is 10.2 Å². The Balaban J connectivity index is 1.65. The van der Waals surface area contributed by atoms with Crippen LogP contribution in [-0.4, -0.2) is 16.8 Å². The molecule has 0 atom stereocenters. The number of carbonyl (C=O) groups is 1. The van der Waals surface area contributed by atoms with E-state index in [9.17, 15) is 4.79 Å². The number of amidine groups is 1. The minimum atomic E-state index is -0.589. The number of para-hydroxylation sites is 1. The molecule has 7 heteroatoms. The second-order valence-corrected chi connectivity index (χ2v) is 6.27. The van der Waals surface area contributed by atoms with Gasteiger partial charge < -0.3 is 10.6 Å². The van der Waals surface area contributed by atoms with E-state index in [1.54, 1.807) is 24.3 Å². The van der Waals surface area contributed by atoms with E-state index in [-0.39, 0.29) is 5.84 Å². The number of nitrogens with two attached hydrogens (primary N) is 1. The summed E-state index contributed by atoms with van der Waals surface area (Å²) in [5.41, 5.74) is 7.06. The van der Waals surface area contributed by atoms with Crippen LogP contribution in [0.5, 0.6) is 0 Å². The van der Waals surface area contributed by atoms with Crippen molar-refractivity contribution in [3.05, 3.63) is 64.1 Å². The Kier molecular flexibility index (Phi) is 4.55. The molecule has 5 nitrogen and oxygen atoms in total. The fourth-order valence-corrected chi connectivity index (χ4v) is 3.03. The second kappa shape index (κ2) is 6.76. The lowest BCUT2D eigenvalue weighted by Gasteiger charge is -2.00. The van der Waals surface area contributed by atoms with Gasteiger partial charge in [-0.05, 0) is 36.4 Å². The molecule has 0 spiro atoms. The fourth-order valence-electron chi connectivity index (χ4n) is 1.92. The highest BCUT2D eigenvalue weighted by molar-refractivity contribution is 7.18. The van der Waals surface area contributed by atoms with Crippen molar-refractivity contribution in [2.75, 3.05) is 0 Å². The Morgan fingerprint density at radius 1 is 1.22 bits per heavy atom. The zero-order valence-electron chi connectivity index (χ0n) is 11.9. The first kappa shape index (κ1) is 15.5. The molecule has 23 heavy (non-hydrogen) atoms. The van der Waals surface area contributed by atoms with Gasteiger partial charge in [-0.1, -0.05) is 28.9 Å². The molecule has 0 radical (unpaired) electrons. The van der Waals surface area contributed by atoms with Gasteiger partial charge in [-0.3, -0.25) is 0 Å². The van der Waals surface area contributed by atoms with E-state index in [4.69, 9.17) is 22.2 Å². The van der Waals surface area contributed by atoms with Gasteiger partial charge in [0.1, 0.15) is 10.8 Å². The molecule has 0 aliphatic heterocycles. The van der Waals surface area contributed by atoms with Crippen molar-refractivity contribution in [1.82, 2.24) is 4.98 Å². The molecule has 0 saturated carbocycles.